The first-order valence-corrected chi connectivity index (χ1v) is 9.40. The highest BCUT2D eigenvalue weighted by molar-refractivity contribution is 7.80. The topological polar surface area (TPSA) is 87.7 Å². The van der Waals surface area contributed by atoms with E-state index in [1.54, 1.807) is 22.4 Å². The van der Waals surface area contributed by atoms with Gasteiger partial charge in [0.1, 0.15) is 6.04 Å². The van der Waals surface area contributed by atoms with E-state index in [1.807, 2.05) is 6.92 Å². The second-order valence-corrected chi connectivity index (χ2v) is 6.85. The van der Waals surface area contributed by atoms with Crippen LogP contribution in [0.25, 0.3) is 0 Å². The predicted octanol–water partition coefficient (Wildman–Crippen LogP) is 1.30. The quantitative estimate of drug-likeness (QED) is 0.437. The number of nitrogens with one attached hydrogen (secondary N) is 2. The first-order valence-electron chi connectivity index (χ1n) is 8.11. The Morgan fingerprint density at radius 3 is 3.00 bits per heavy atom. The molecule has 136 valence electrons. The van der Waals surface area contributed by atoms with Crippen molar-refractivity contribution in [2.45, 2.75) is 32.2 Å². The summed E-state index contributed by atoms with van der Waals surface area (Å²) in [5.41, 5.74) is 0. The van der Waals surface area contributed by atoms with E-state index in [-0.39, 0.29) is 23.3 Å². The Morgan fingerprint density at radius 2 is 2.32 bits per heavy atom. The number of ether oxygens (including phenoxy) is 1. The minimum Gasteiger partial charge on any atom is -0.466 e. The molecule has 2 amide bonds. The number of hydrogen-bond acceptors (Lipinski definition) is 6. The van der Waals surface area contributed by atoms with Crippen LogP contribution in [-0.2, 0) is 14.3 Å². The van der Waals surface area contributed by atoms with Crippen LogP contribution in [-0.4, -0.2) is 53.5 Å². The largest absolute Gasteiger partial charge is 0.466 e. The van der Waals surface area contributed by atoms with Crippen LogP contribution in [0.2, 0.25) is 0 Å². The van der Waals surface area contributed by atoms with Gasteiger partial charge in [0.25, 0.3) is 5.91 Å². The first-order chi connectivity index (χ1) is 12.0. The van der Waals surface area contributed by atoms with Crippen molar-refractivity contribution >= 4 is 46.5 Å². The van der Waals surface area contributed by atoms with Crippen molar-refractivity contribution < 1.29 is 19.1 Å². The number of thiocarbonyl (C=S) groups is 1. The summed E-state index contributed by atoms with van der Waals surface area (Å²) in [6.07, 6.45) is 1.59. The number of nitrogens with zero attached hydrogens (tertiary/aromatic N) is 1. The van der Waals surface area contributed by atoms with Crippen molar-refractivity contribution in [1.82, 2.24) is 15.5 Å². The van der Waals surface area contributed by atoms with Crippen LogP contribution in [0.3, 0.4) is 0 Å². The van der Waals surface area contributed by atoms with Crippen molar-refractivity contribution in [1.29, 1.82) is 0 Å². The molecule has 2 rings (SSSR count). The van der Waals surface area contributed by atoms with Crippen molar-refractivity contribution in [2.24, 2.45) is 0 Å². The molecule has 1 unspecified atom stereocenters. The molecule has 0 radical (unpaired) electrons. The molecule has 1 aliphatic heterocycles. The summed E-state index contributed by atoms with van der Waals surface area (Å²) >= 11 is 6.58. The lowest BCUT2D eigenvalue weighted by Crippen LogP contribution is -2.60. The lowest BCUT2D eigenvalue weighted by atomic mass is 10.1. The van der Waals surface area contributed by atoms with Gasteiger partial charge >= 0.3 is 5.97 Å². The fraction of sp³-hybridized carbons (Fsp3) is 0.500. The summed E-state index contributed by atoms with van der Waals surface area (Å²) < 4.78 is 5.13. The van der Waals surface area contributed by atoms with E-state index >= 15 is 0 Å². The van der Waals surface area contributed by atoms with Crippen LogP contribution in [0.4, 0.5) is 0 Å². The van der Waals surface area contributed by atoms with E-state index in [0.717, 1.165) is 12.8 Å². The van der Waals surface area contributed by atoms with Gasteiger partial charge in [-0.2, -0.15) is 0 Å². The van der Waals surface area contributed by atoms with Gasteiger partial charge in [-0.05, 0) is 30.1 Å². The number of hydrogen-bond donors (Lipinski definition) is 2. The molecule has 2 heterocycles. The molecule has 1 atom stereocenters. The molecule has 1 aliphatic rings. The smallest absolute Gasteiger partial charge is 0.308 e. The molecular weight excluding hydrogens is 362 g/mol. The number of carbonyl (C=O) groups excluding carboxylic acids is 3. The zero-order valence-electron chi connectivity index (χ0n) is 13.9. The number of amides is 2. The maximum absolute atomic E-state index is 12.2. The van der Waals surface area contributed by atoms with Gasteiger partial charge in [-0.15, -0.1) is 11.3 Å². The minimum atomic E-state index is -0.779. The Hall–Kier alpha value is -2.00. The van der Waals surface area contributed by atoms with Crippen LogP contribution in [0, 0.1) is 0 Å². The van der Waals surface area contributed by atoms with Crippen molar-refractivity contribution in [3.05, 3.63) is 22.4 Å². The summed E-state index contributed by atoms with van der Waals surface area (Å²) in [7, 11) is 0. The van der Waals surface area contributed by atoms with Gasteiger partial charge in [0.15, 0.2) is 5.11 Å². The highest BCUT2D eigenvalue weighted by Gasteiger charge is 2.34. The second kappa shape index (κ2) is 9.47. The van der Waals surface area contributed by atoms with Gasteiger partial charge < -0.3 is 15.0 Å². The third-order valence-electron chi connectivity index (χ3n) is 3.68. The van der Waals surface area contributed by atoms with Crippen LogP contribution < -0.4 is 10.6 Å². The third kappa shape index (κ3) is 5.50. The molecule has 1 aromatic rings. The Labute approximate surface area is 155 Å². The number of carbonyl (C=O) groups is 3. The highest BCUT2D eigenvalue weighted by Crippen LogP contribution is 2.12. The number of piperazine rings is 1. The summed E-state index contributed by atoms with van der Waals surface area (Å²) in [5.74, 6) is -1.07. The number of unbranched alkanes of at least 4 members (excludes halogenated alkanes) is 1. The summed E-state index contributed by atoms with van der Waals surface area (Å²) in [5, 5.41) is 7.27. The standard InChI is InChI=1S/C16H21N3O4S2/c1-2-3-8-23-13(20)10-11-14(21)17-6-7-19(11)16(24)18-15(22)12-5-4-9-25-12/h4-5,9,11H,2-3,6-8,10H2,1H3,(H,17,21)(H,18,22,24). The van der Waals surface area contributed by atoms with E-state index in [2.05, 4.69) is 10.6 Å². The predicted molar refractivity (Wildman–Crippen MR) is 98.4 cm³/mol. The number of thiophene rings is 1. The van der Waals surface area contributed by atoms with Crippen molar-refractivity contribution in [3.8, 4) is 0 Å². The highest BCUT2D eigenvalue weighted by atomic mass is 32.1. The Morgan fingerprint density at radius 1 is 1.52 bits per heavy atom. The summed E-state index contributed by atoms with van der Waals surface area (Å²) in [4.78, 5) is 38.3. The summed E-state index contributed by atoms with van der Waals surface area (Å²) in [6.45, 7) is 3.15. The Kier molecular flexibility index (Phi) is 7.32. The monoisotopic (exact) mass is 383 g/mol. The molecule has 0 saturated carbocycles. The maximum atomic E-state index is 12.2. The SMILES string of the molecule is CCCCOC(=O)CC1C(=O)NCCN1C(=S)NC(=O)c1cccs1. The van der Waals surface area contributed by atoms with Gasteiger partial charge in [-0.1, -0.05) is 19.4 Å². The molecule has 25 heavy (non-hydrogen) atoms. The van der Waals surface area contributed by atoms with Gasteiger partial charge in [0.2, 0.25) is 5.91 Å². The normalized spacial score (nSPS) is 16.9. The van der Waals surface area contributed by atoms with E-state index < -0.39 is 12.0 Å². The van der Waals surface area contributed by atoms with E-state index in [0.29, 0.717) is 24.6 Å². The van der Waals surface area contributed by atoms with Crippen LogP contribution in [0.15, 0.2) is 17.5 Å². The zero-order chi connectivity index (χ0) is 18.2. The Bertz CT molecular complexity index is 633. The summed E-state index contributed by atoms with van der Waals surface area (Å²) in [6, 6.07) is 2.68. The van der Waals surface area contributed by atoms with Crippen LogP contribution in [0.5, 0.6) is 0 Å². The molecule has 7 nitrogen and oxygen atoms in total. The fourth-order valence-corrected chi connectivity index (χ4v) is 3.28. The van der Waals surface area contributed by atoms with Crippen molar-refractivity contribution in [2.75, 3.05) is 19.7 Å². The van der Waals surface area contributed by atoms with Gasteiger partial charge in [0.05, 0.1) is 17.9 Å². The molecule has 0 spiro atoms. The number of esters is 1. The molecule has 0 aromatic carbocycles. The lowest BCUT2D eigenvalue weighted by molar-refractivity contribution is -0.147. The third-order valence-corrected chi connectivity index (χ3v) is 4.88. The molecular formula is C16H21N3O4S2. The van der Waals surface area contributed by atoms with Crippen LogP contribution in [0.1, 0.15) is 35.9 Å². The molecule has 0 bridgehead atoms. The minimum absolute atomic E-state index is 0.107. The molecule has 1 saturated heterocycles. The van der Waals surface area contributed by atoms with Gasteiger partial charge in [-0.25, -0.2) is 0 Å². The van der Waals surface area contributed by atoms with Crippen molar-refractivity contribution in [3.63, 3.8) is 0 Å². The van der Waals surface area contributed by atoms with E-state index in [4.69, 9.17) is 17.0 Å². The zero-order valence-corrected chi connectivity index (χ0v) is 15.6. The Balaban J connectivity index is 1.97. The first kappa shape index (κ1) is 19.3. The van der Waals surface area contributed by atoms with E-state index in [1.165, 1.54) is 11.3 Å². The maximum Gasteiger partial charge on any atom is 0.308 e. The molecule has 2 N–H and O–H groups in total. The fourth-order valence-electron chi connectivity index (χ4n) is 2.35. The second-order valence-electron chi connectivity index (χ2n) is 5.51. The number of rotatable bonds is 6. The van der Waals surface area contributed by atoms with Gasteiger partial charge in [0, 0.05) is 13.1 Å². The lowest BCUT2D eigenvalue weighted by Gasteiger charge is -2.36. The van der Waals surface area contributed by atoms with Crippen LogP contribution >= 0.6 is 23.6 Å². The molecule has 9 heteroatoms. The molecule has 1 fully saturated rings. The average molecular weight is 383 g/mol. The average Bonchev–Trinajstić information content (AvgIpc) is 3.11. The van der Waals surface area contributed by atoms with Gasteiger partial charge in [-0.3, -0.25) is 19.7 Å². The van der Waals surface area contributed by atoms with E-state index in [9.17, 15) is 14.4 Å². The molecule has 1 aromatic heterocycles. The molecule has 0 aliphatic carbocycles.